The summed E-state index contributed by atoms with van der Waals surface area (Å²) in [5.74, 6) is -1.39. The van der Waals surface area contributed by atoms with Gasteiger partial charge in [0.15, 0.2) is 0 Å². The Morgan fingerprint density at radius 1 is 0.878 bits per heavy atom. The lowest BCUT2D eigenvalue weighted by Gasteiger charge is -2.37. The fourth-order valence-corrected chi connectivity index (χ4v) is 5.38. The molecule has 5 nitrogen and oxygen atoms in total. The van der Waals surface area contributed by atoms with Crippen molar-refractivity contribution in [2.24, 2.45) is 0 Å². The van der Waals surface area contributed by atoms with Gasteiger partial charge in [0.05, 0.1) is 17.7 Å². The largest absolute Gasteiger partial charge is 0.466 e. The van der Waals surface area contributed by atoms with Crippen molar-refractivity contribution in [2.75, 3.05) is 6.61 Å². The van der Waals surface area contributed by atoms with E-state index in [1.54, 1.807) is 43.3 Å². The smallest absolute Gasteiger partial charge is 0.416 e. The van der Waals surface area contributed by atoms with Crippen LogP contribution in [0.5, 0.6) is 0 Å². The number of amides is 2. The second-order valence-electron chi connectivity index (χ2n) is 10.4. The van der Waals surface area contributed by atoms with Gasteiger partial charge >= 0.3 is 18.2 Å². The molecule has 41 heavy (non-hydrogen) atoms. The Morgan fingerprint density at radius 2 is 1.54 bits per heavy atom. The predicted octanol–water partition coefficient (Wildman–Crippen LogP) is 7.07. The van der Waals surface area contributed by atoms with Crippen LogP contribution in [-0.2, 0) is 34.1 Å². The third kappa shape index (κ3) is 7.86. The molecule has 0 spiro atoms. The van der Waals surface area contributed by atoms with E-state index >= 15 is 0 Å². The van der Waals surface area contributed by atoms with Crippen LogP contribution in [0.4, 0.5) is 22.4 Å². The third-order valence-corrected chi connectivity index (χ3v) is 7.42. The molecule has 0 saturated heterocycles. The van der Waals surface area contributed by atoms with Gasteiger partial charge < -0.3 is 15.4 Å². The number of halogens is 4. The number of esters is 1. The lowest BCUT2D eigenvalue weighted by Crippen LogP contribution is -2.53. The van der Waals surface area contributed by atoms with Crippen LogP contribution in [0.2, 0.25) is 0 Å². The number of carbonyl (C=O) groups is 2. The molecule has 1 saturated carbocycles. The number of hydrogen-bond acceptors (Lipinski definition) is 3. The van der Waals surface area contributed by atoms with E-state index in [4.69, 9.17) is 4.74 Å². The zero-order valence-electron chi connectivity index (χ0n) is 22.9. The normalized spacial score (nSPS) is 15.2. The van der Waals surface area contributed by atoms with Crippen molar-refractivity contribution in [3.8, 4) is 0 Å². The zero-order chi connectivity index (χ0) is 29.5. The summed E-state index contributed by atoms with van der Waals surface area (Å²) in [6, 6.07) is 17.8. The monoisotopic (exact) mass is 570 g/mol. The van der Waals surface area contributed by atoms with E-state index < -0.39 is 29.1 Å². The molecule has 3 aromatic carbocycles. The van der Waals surface area contributed by atoms with Gasteiger partial charge in [-0.25, -0.2) is 9.18 Å². The van der Waals surface area contributed by atoms with Gasteiger partial charge in [0.1, 0.15) is 5.82 Å². The maximum Gasteiger partial charge on any atom is 0.416 e. The molecule has 0 heterocycles. The lowest BCUT2D eigenvalue weighted by atomic mass is 9.77. The molecule has 1 aliphatic rings. The maximum atomic E-state index is 14.8. The number of aryl methyl sites for hydroxylation is 1. The van der Waals surface area contributed by atoms with Gasteiger partial charge in [0.25, 0.3) is 0 Å². The quantitative estimate of drug-likeness (QED) is 0.202. The highest BCUT2D eigenvalue weighted by Gasteiger charge is 2.40. The van der Waals surface area contributed by atoms with Crippen LogP contribution in [-0.4, -0.2) is 24.6 Å². The van der Waals surface area contributed by atoms with Gasteiger partial charge in [-0.2, -0.15) is 13.2 Å². The molecule has 1 aliphatic carbocycles. The molecule has 0 aliphatic heterocycles. The van der Waals surface area contributed by atoms with Crippen LogP contribution < -0.4 is 10.6 Å². The van der Waals surface area contributed by atoms with Crippen LogP contribution >= 0.6 is 0 Å². The molecule has 1 atom stereocenters. The van der Waals surface area contributed by atoms with Gasteiger partial charge in [-0.15, -0.1) is 0 Å². The minimum Gasteiger partial charge on any atom is -0.466 e. The Balaban J connectivity index is 1.81. The Hall–Kier alpha value is -3.88. The molecular formula is C32H34F4N2O3. The summed E-state index contributed by atoms with van der Waals surface area (Å²) in [5.41, 5.74) is -0.713. The molecule has 1 unspecified atom stereocenters. The standard InChI is InChI=1S/C32H34F4N2O3/c1-2-41-29(39)17-14-22-12-15-24(16-13-22)31(21-23-8-4-3-5-9-23,38-30(40)37-28-10-6-7-11-28)25-18-26(32(34,35)36)20-27(33)19-25/h3-5,8-9,12-13,15-16,18-20,28H,2,6-7,10-11,14,17,21H2,1H3,(H2,37,38,40). The lowest BCUT2D eigenvalue weighted by molar-refractivity contribution is -0.143. The van der Waals surface area contributed by atoms with E-state index in [0.717, 1.165) is 48.9 Å². The molecule has 1 fully saturated rings. The summed E-state index contributed by atoms with van der Waals surface area (Å²) in [6.07, 6.45) is -0.577. The highest BCUT2D eigenvalue weighted by Crippen LogP contribution is 2.38. The predicted molar refractivity (Wildman–Crippen MR) is 148 cm³/mol. The number of ether oxygens (including phenoxy) is 1. The first-order chi connectivity index (χ1) is 19.6. The van der Waals surface area contributed by atoms with Crippen LogP contribution in [0, 0.1) is 5.82 Å². The van der Waals surface area contributed by atoms with Gasteiger partial charge in [-0.3, -0.25) is 4.79 Å². The van der Waals surface area contributed by atoms with E-state index in [1.807, 2.05) is 18.2 Å². The first kappa shape index (κ1) is 30.1. The van der Waals surface area contributed by atoms with Crippen LogP contribution in [0.15, 0.2) is 72.8 Å². The molecule has 0 aromatic heterocycles. The number of rotatable bonds is 10. The van der Waals surface area contributed by atoms with Crippen molar-refractivity contribution in [2.45, 2.75) is 69.6 Å². The van der Waals surface area contributed by atoms with Gasteiger partial charge in [0.2, 0.25) is 0 Å². The van der Waals surface area contributed by atoms with Crippen molar-refractivity contribution in [3.63, 3.8) is 0 Å². The van der Waals surface area contributed by atoms with Crippen LogP contribution in [0.25, 0.3) is 0 Å². The first-order valence-corrected chi connectivity index (χ1v) is 13.8. The zero-order valence-corrected chi connectivity index (χ0v) is 22.9. The van der Waals surface area contributed by atoms with Gasteiger partial charge in [-0.05, 0) is 66.6 Å². The topological polar surface area (TPSA) is 67.4 Å². The van der Waals surface area contributed by atoms with E-state index in [9.17, 15) is 27.2 Å². The Labute approximate surface area is 237 Å². The molecule has 2 N–H and O–H groups in total. The average molecular weight is 571 g/mol. The van der Waals surface area contributed by atoms with Crippen molar-refractivity contribution in [1.82, 2.24) is 10.6 Å². The van der Waals surface area contributed by atoms with Crippen LogP contribution in [0.1, 0.15) is 66.8 Å². The van der Waals surface area contributed by atoms with Gasteiger partial charge in [-0.1, -0.05) is 67.4 Å². The molecule has 0 bridgehead atoms. The molecule has 2 amide bonds. The fraction of sp³-hybridized carbons (Fsp3) is 0.375. The molecule has 4 rings (SSSR count). The van der Waals surface area contributed by atoms with E-state index in [0.29, 0.717) is 18.1 Å². The Morgan fingerprint density at radius 3 is 2.17 bits per heavy atom. The van der Waals surface area contributed by atoms with E-state index in [2.05, 4.69) is 10.6 Å². The highest BCUT2D eigenvalue weighted by molar-refractivity contribution is 5.76. The fourth-order valence-electron chi connectivity index (χ4n) is 5.38. The van der Waals surface area contributed by atoms with Gasteiger partial charge in [0, 0.05) is 18.9 Å². The molecule has 3 aromatic rings. The SMILES string of the molecule is CCOC(=O)CCc1ccc(C(Cc2ccccc2)(NC(=O)NC2CCCC2)c2cc(F)cc(C(F)(F)F)c2)cc1. The summed E-state index contributed by atoms with van der Waals surface area (Å²) in [4.78, 5) is 25.3. The number of hydrogen-bond donors (Lipinski definition) is 2. The highest BCUT2D eigenvalue weighted by atomic mass is 19.4. The second kappa shape index (κ2) is 13.2. The van der Waals surface area contributed by atoms with Crippen molar-refractivity contribution >= 4 is 12.0 Å². The number of alkyl halides is 3. The minimum absolute atomic E-state index is 0.0328. The molecule has 9 heteroatoms. The van der Waals surface area contributed by atoms with Crippen molar-refractivity contribution < 1.29 is 31.9 Å². The minimum atomic E-state index is -4.79. The number of carbonyl (C=O) groups excluding carboxylic acids is 2. The number of urea groups is 1. The molecule has 218 valence electrons. The van der Waals surface area contributed by atoms with Crippen LogP contribution in [0.3, 0.4) is 0 Å². The average Bonchev–Trinajstić information content (AvgIpc) is 3.44. The Kier molecular flexibility index (Phi) is 9.68. The summed E-state index contributed by atoms with van der Waals surface area (Å²) in [5, 5.41) is 5.93. The number of benzene rings is 3. The van der Waals surface area contributed by atoms with Crippen molar-refractivity contribution in [3.05, 3.63) is 106 Å². The summed E-state index contributed by atoms with van der Waals surface area (Å²) < 4.78 is 61.4. The Bertz CT molecular complexity index is 1320. The third-order valence-electron chi connectivity index (χ3n) is 7.42. The summed E-state index contributed by atoms with van der Waals surface area (Å²) >= 11 is 0. The maximum absolute atomic E-state index is 14.8. The van der Waals surface area contributed by atoms with E-state index in [-0.39, 0.29) is 37.0 Å². The first-order valence-electron chi connectivity index (χ1n) is 13.8. The van der Waals surface area contributed by atoms with Crippen molar-refractivity contribution in [1.29, 1.82) is 0 Å². The molecule has 0 radical (unpaired) electrons. The van der Waals surface area contributed by atoms with E-state index in [1.165, 1.54) is 0 Å². The second-order valence-corrected chi connectivity index (χ2v) is 10.4. The number of nitrogens with one attached hydrogen (secondary N) is 2. The molecular weight excluding hydrogens is 536 g/mol. The summed E-state index contributed by atoms with van der Waals surface area (Å²) in [7, 11) is 0. The summed E-state index contributed by atoms with van der Waals surface area (Å²) in [6.45, 7) is 2.01.